The summed E-state index contributed by atoms with van der Waals surface area (Å²) in [5.74, 6) is 0. The van der Waals surface area contributed by atoms with Crippen molar-refractivity contribution in [2.24, 2.45) is 0 Å². The molecule has 1 aromatic carbocycles. The van der Waals surface area contributed by atoms with Crippen molar-refractivity contribution in [1.82, 2.24) is 0 Å². The Labute approximate surface area is 104 Å². The molecular formula is C15H19Se+. The van der Waals surface area contributed by atoms with Crippen LogP contribution in [0.1, 0.15) is 36.6 Å². The Hall–Kier alpha value is -0.651. The van der Waals surface area contributed by atoms with Crippen molar-refractivity contribution in [1.29, 1.82) is 0 Å². The minimum absolute atomic E-state index is 0.313. The van der Waals surface area contributed by atoms with Crippen LogP contribution in [0.3, 0.4) is 0 Å². The second-order valence-electron chi connectivity index (χ2n) is 5.22. The Balaban J connectivity index is 2.73. The van der Waals surface area contributed by atoms with Gasteiger partial charge in [0.1, 0.15) is 0 Å². The summed E-state index contributed by atoms with van der Waals surface area (Å²) < 4.78 is 3.27. The number of rotatable bonds is 1. The normalized spacial score (nSPS) is 12.0. The van der Waals surface area contributed by atoms with Crippen LogP contribution >= 0.6 is 0 Å². The fraction of sp³-hybridized carbons (Fsp3) is 0.400. The predicted octanol–water partition coefficient (Wildman–Crippen LogP) is 4.04. The van der Waals surface area contributed by atoms with Crippen molar-refractivity contribution in [2.75, 3.05) is 0 Å². The van der Waals surface area contributed by atoms with Gasteiger partial charge in [-0.3, -0.25) is 0 Å². The van der Waals surface area contributed by atoms with Gasteiger partial charge >= 0.3 is 104 Å². The number of hydrogen-bond acceptors (Lipinski definition) is 0. The van der Waals surface area contributed by atoms with Crippen molar-refractivity contribution in [2.45, 2.75) is 39.5 Å². The van der Waals surface area contributed by atoms with E-state index in [1.54, 1.807) is 8.87 Å². The molecule has 0 N–H and O–H groups in total. The Kier molecular flexibility index (Phi) is 3.19. The standard InChI is InChI=1S/C15H19Se/c1-5-13-12-9-7-6-8-11(12)10-14(16-13)15(2,3)4/h6-10H,5H2,1-4H3/q+1. The first kappa shape index (κ1) is 11.8. The maximum absolute atomic E-state index is 2.41. The van der Waals surface area contributed by atoms with Crippen molar-refractivity contribution in [3.05, 3.63) is 39.2 Å². The van der Waals surface area contributed by atoms with Crippen molar-refractivity contribution in [3.8, 4) is 0 Å². The molecule has 0 nitrogen and oxygen atoms in total. The molecule has 16 heavy (non-hydrogen) atoms. The summed E-state index contributed by atoms with van der Waals surface area (Å²) in [6, 6.07) is 11.2. The first-order chi connectivity index (χ1) is 7.52. The minimum atomic E-state index is 0.313. The fourth-order valence-electron chi connectivity index (χ4n) is 1.87. The fourth-order valence-corrected chi connectivity index (χ4v) is 4.38. The summed E-state index contributed by atoms with van der Waals surface area (Å²) >= 11 is 0.543. The zero-order valence-electron chi connectivity index (χ0n) is 10.5. The van der Waals surface area contributed by atoms with Crippen LogP contribution < -0.4 is 0 Å². The summed E-state index contributed by atoms with van der Waals surface area (Å²) in [7, 11) is 0. The molecule has 0 saturated carbocycles. The SMILES string of the molecule is CCc1[se+]c(C(C)(C)C)cc2ccccc12. The molecule has 0 amide bonds. The van der Waals surface area contributed by atoms with Crippen molar-refractivity contribution in [3.63, 3.8) is 0 Å². The molecule has 0 aliphatic heterocycles. The zero-order valence-corrected chi connectivity index (χ0v) is 12.2. The molecule has 1 aromatic heterocycles. The Bertz CT molecular complexity index is 506. The molecule has 2 rings (SSSR count). The van der Waals surface area contributed by atoms with E-state index in [2.05, 4.69) is 58.0 Å². The first-order valence-electron chi connectivity index (χ1n) is 5.87. The molecule has 0 unspecified atom stereocenters. The average Bonchev–Trinajstić information content (AvgIpc) is 2.26. The van der Waals surface area contributed by atoms with Crippen molar-refractivity contribution >= 4 is 25.3 Å². The molecule has 0 aliphatic carbocycles. The first-order valence-corrected chi connectivity index (χ1v) is 7.59. The van der Waals surface area contributed by atoms with Crippen LogP contribution in [0, 0.1) is 0 Å². The second kappa shape index (κ2) is 4.31. The van der Waals surface area contributed by atoms with E-state index in [4.69, 9.17) is 0 Å². The topological polar surface area (TPSA) is 0 Å². The third-order valence-corrected chi connectivity index (χ3v) is 6.42. The zero-order chi connectivity index (χ0) is 11.8. The van der Waals surface area contributed by atoms with E-state index < -0.39 is 0 Å². The summed E-state index contributed by atoms with van der Waals surface area (Å²) in [4.78, 5) is 0. The Morgan fingerprint density at radius 2 is 1.81 bits per heavy atom. The molecule has 1 heterocycles. The van der Waals surface area contributed by atoms with Gasteiger partial charge in [0.2, 0.25) is 0 Å². The number of benzene rings is 1. The van der Waals surface area contributed by atoms with Gasteiger partial charge in [-0.2, -0.15) is 0 Å². The van der Waals surface area contributed by atoms with Crippen molar-refractivity contribution < 1.29 is 0 Å². The molecule has 2 aromatic rings. The number of aryl methyl sites for hydroxylation is 1. The second-order valence-corrected chi connectivity index (χ2v) is 7.61. The summed E-state index contributed by atoms with van der Waals surface area (Å²) in [6.45, 7) is 9.24. The van der Waals surface area contributed by atoms with Gasteiger partial charge in [0.25, 0.3) is 0 Å². The monoisotopic (exact) mass is 279 g/mol. The summed E-state index contributed by atoms with van der Waals surface area (Å²) in [5, 5.41) is 2.90. The molecule has 0 saturated heterocycles. The van der Waals surface area contributed by atoms with E-state index in [9.17, 15) is 0 Å². The molecule has 0 atom stereocenters. The Morgan fingerprint density at radius 1 is 1.12 bits per heavy atom. The van der Waals surface area contributed by atoms with Crippen LogP contribution in [0.5, 0.6) is 0 Å². The quantitative estimate of drug-likeness (QED) is 0.691. The van der Waals surface area contributed by atoms with Crippen LogP contribution in [-0.4, -0.2) is 14.5 Å². The summed E-state index contributed by atoms with van der Waals surface area (Å²) in [6.07, 6.45) is 1.18. The van der Waals surface area contributed by atoms with E-state index >= 15 is 0 Å². The van der Waals surface area contributed by atoms with Gasteiger partial charge in [-0.25, -0.2) is 0 Å². The molecule has 84 valence electrons. The van der Waals surface area contributed by atoms with E-state index in [0.717, 1.165) is 0 Å². The van der Waals surface area contributed by atoms with Gasteiger partial charge in [0.15, 0.2) is 0 Å². The predicted molar refractivity (Wildman–Crippen MR) is 73.4 cm³/mol. The van der Waals surface area contributed by atoms with Gasteiger partial charge in [0.05, 0.1) is 0 Å². The summed E-state index contributed by atoms with van der Waals surface area (Å²) in [5.41, 5.74) is 0.313. The molecule has 0 aliphatic rings. The van der Waals surface area contributed by atoms with Crippen LogP contribution in [0.2, 0.25) is 0 Å². The number of hydrogen-bond donors (Lipinski definition) is 0. The van der Waals surface area contributed by atoms with Crippen LogP contribution in [0.4, 0.5) is 0 Å². The van der Waals surface area contributed by atoms with Gasteiger partial charge in [-0.1, -0.05) is 0 Å². The van der Waals surface area contributed by atoms with Crippen LogP contribution in [0.25, 0.3) is 10.8 Å². The maximum atomic E-state index is 2.41. The van der Waals surface area contributed by atoms with Gasteiger partial charge in [-0.15, -0.1) is 0 Å². The van der Waals surface area contributed by atoms with Crippen LogP contribution in [-0.2, 0) is 11.8 Å². The molecule has 0 bridgehead atoms. The third-order valence-electron chi connectivity index (χ3n) is 2.84. The van der Waals surface area contributed by atoms with E-state index in [0.29, 0.717) is 19.9 Å². The van der Waals surface area contributed by atoms with E-state index in [1.165, 1.54) is 17.2 Å². The van der Waals surface area contributed by atoms with Gasteiger partial charge in [0, 0.05) is 0 Å². The molecule has 0 fully saturated rings. The number of fused-ring (bicyclic) bond motifs is 1. The molecule has 0 spiro atoms. The van der Waals surface area contributed by atoms with Gasteiger partial charge in [-0.05, 0) is 0 Å². The van der Waals surface area contributed by atoms with E-state index in [-0.39, 0.29) is 0 Å². The molecule has 0 radical (unpaired) electrons. The van der Waals surface area contributed by atoms with Gasteiger partial charge < -0.3 is 0 Å². The average molecular weight is 278 g/mol. The van der Waals surface area contributed by atoms with Crippen LogP contribution in [0.15, 0.2) is 30.3 Å². The Morgan fingerprint density at radius 3 is 2.44 bits per heavy atom. The van der Waals surface area contributed by atoms with E-state index in [1.807, 2.05) is 0 Å². The third kappa shape index (κ3) is 2.21. The molecular weight excluding hydrogens is 259 g/mol. The molecule has 1 heteroatoms.